The van der Waals surface area contributed by atoms with Crippen LogP contribution in [0.2, 0.25) is 5.02 Å². The zero-order chi connectivity index (χ0) is 9.26. The Balaban J connectivity index is 2.41. The highest BCUT2D eigenvalue weighted by Crippen LogP contribution is 2.18. The van der Waals surface area contributed by atoms with Crippen LogP contribution in [0.1, 0.15) is 0 Å². The fourth-order valence-electron chi connectivity index (χ4n) is 1.18. The van der Waals surface area contributed by atoms with E-state index in [-0.39, 0.29) is 0 Å². The van der Waals surface area contributed by atoms with Crippen molar-refractivity contribution in [3.8, 4) is 11.3 Å². The molecule has 2 aromatic rings. The van der Waals surface area contributed by atoms with E-state index in [1.807, 2.05) is 42.1 Å². The largest absolute Gasteiger partial charge is 0.340 e. The molecule has 0 amide bonds. The summed E-state index contributed by atoms with van der Waals surface area (Å²) in [4.78, 5) is 4.24. The zero-order valence-corrected chi connectivity index (χ0v) is 7.99. The Morgan fingerprint density at radius 3 is 2.46 bits per heavy atom. The molecule has 0 spiro atoms. The summed E-state index contributed by atoms with van der Waals surface area (Å²) < 4.78 is 1.92. The Morgan fingerprint density at radius 1 is 1.23 bits per heavy atom. The SMILES string of the molecule is Cn1cnc(-c2ccc(Cl)cc2)c1. The first-order valence-corrected chi connectivity index (χ1v) is 4.37. The van der Waals surface area contributed by atoms with E-state index in [9.17, 15) is 0 Å². The summed E-state index contributed by atoms with van der Waals surface area (Å²) >= 11 is 5.78. The maximum atomic E-state index is 5.78. The number of aryl methyl sites for hydroxylation is 1. The maximum absolute atomic E-state index is 5.78. The van der Waals surface area contributed by atoms with E-state index in [0.29, 0.717) is 0 Å². The van der Waals surface area contributed by atoms with Crippen LogP contribution >= 0.6 is 11.6 Å². The molecule has 0 aliphatic rings. The van der Waals surface area contributed by atoms with Gasteiger partial charge in [-0.15, -0.1) is 0 Å². The predicted molar refractivity (Wildman–Crippen MR) is 53.7 cm³/mol. The number of nitrogens with zero attached hydrogens (tertiary/aromatic N) is 2. The molecule has 1 aromatic heterocycles. The molecule has 0 aliphatic carbocycles. The Bertz CT molecular complexity index is 403. The van der Waals surface area contributed by atoms with Crippen molar-refractivity contribution in [1.29, 1.82) is 0 Å². The van der Waals surface area contributed by atoms with E-state index in [1.54, 1.807) is 6.33 Å². The highest BCUT2D eigenvalue weighted by atomic mass is 35.5. The van der Waals surface area contributed by atoms with Crippen LogP contribution in [-0.4, -0.2) is 9.55 Å². The second-order valence-electron chi connectivity index (χ2n) is 2.93. The van der Waals surface area contributed by atoms with Crippen molar-refractivity contribution in [2.45, 2.75) is 0 Å². The van der Waals surface area contributed by atoms with Gasteiger partial charge in [-0.05, 0) is 12.1 Å². The quantitative estimate of drug-likeness (QED) is 0.680. The molecule has 0 saturated carbocycles. The Kier molecular flexibility index (Phi) is 2.07. The zero-order valence-electron chi connectivity index (χ0n) is 7.24. The lowest BCUT2D eigenvalue weighted by Crippen LogP contribution is -1.78. The van der Waals surface area contributed by atoms with Gasteiger partial charge in [0, 0.05) is 23.8 Å². The molecule has 0 fully saturated rings. The van der Waals surface area contributed by atoms with E-state index in [4.69, 9.17) is 11.6 Å². The lowest BCUT2D eigenvalue weighted by molar-refractivity contribution is 0.913. The van der Waals surface area contributed by atoms with E-state index in [0.717, 1.165) is 16.3 Å². The van der Waals surface area contributed by atoms with E-state index in [1.165, 1.54) is 0 Å². The van der Waals surface area contributed by atoms with Crippen LogP contribution in [0.3, 0.4) is 0 Å². The summed E-state index contributed by atoms with van der Waals surface area (Å²) in [5, 5.41) is 0.750. The van der Waals surface area contributed by atoms with Crippen LogP contribution in [0.25, 0.3) is 11.3 Å². The monoisotopic (exact) mass is 192 g/mol. The minimum atomic E-state index is 0.750. The number of halogens is 1. The number of rotatable bonds is 1. The van der Waals surface area contributed by atoms with E-state index >= 15 is 0 Å². The molecule has 0 saturated heterocycles. The van der Waals surface area contributed by atoms with Gasteiger partial charge in [0.05, 0.1) is 12.0 Å². The molecule has 0 radical (unpaired) electrons. The number of imidazole rings is 1. The highest BCUT2D eigenvalue weighted by molar-refractivity contribution is 6.30. The Morgan fingerprint density at radius 2 is 1.92 bits per heavy atom. The van der Waals surface area contributed by atoms with Gasteiger partial charge in [-0.2, -0.15) is 0 Å². The average molecular weight is 193 g/mol. The molecule has 0 atom stereocenters. The van der Waals surface area contributed by atoms with Gasteiger partial charge in [0.2, 0.25) is 0 Å². The summed E-state index contributed by atoms with van der Waals surface area (Å²) in [5.74, 6) is 0. The van der Waals surface area contributed by atoms with Gasteiger partial charge in [0.1, 0.15) is 0 Å². The van der Waals surface area contributed by atoms with E-state index < -0.39 is 0 Å². The normalized spacial score (nSPS) is 10.3. The molecule has 0 N–H and O–H groups in total. The van der Waals surface area contributed by atoms with Crippen LogP contribution in [0.4, 0.5) is 0 Å². The topological polar surface area (TPSA) is 17.8 Å². The van der Waals surface area contributed by atoms with Crippen molar-refractivity contribution in [1.82, 2.24) is 9.55 Å². The first-order chi connectivity index (χ1) is 6.25. The molecule has 0 unspecified atom stereocenters. The molecule has 1 heterocycles. The van der Waals surface area contributed by atoms with Gasteiger partial charge in [0.25, 0.3) is 0 Å². The second-order valence-corrected chi connectivity index (χ2v) is 3.37. The molecule has 2 nitrogen and oxygen atoms in total. The van der Waals surface area contributed by atoms with Crippen molar-refractivity contribution in [2.24, 2.45) is 7.05 Å². The summed E-state index contributed by atoms with van der Waals surface area (Å²) in [6, 6.07) is 7.66. The third kappa shape index (κ3) is 1.73. The highest BCUT2D eigenvalue weighted by Gasteiger charge is 1.99. The molecule has 66 valence electrons. The number of benzene rings is 1. The lowest BCUT2D eigenvalue weighted by Gasteiger charge is -1.95. The lowest BCUT2D eigenvalue weighted by atomic mass is 10.2. The number of hydrogen-bond acceptors (Lipinski definition) is 1. The van der Waals surface area contributed by atoms with Gasteiger partial charge < -0.3 is 4.57 Å². The van der Waals surface area contributed by atoms with Crippen molar-refractivity contribution < 1.29 is 0 Å². The van der Waals surface area contributed by atoms with Crippen molar-refractivity contribution in [3.63, 3.8) is 0 Å². The predicted octanol–water partition coefficient (Wildman–Crippen LogP) is 2.74. The van der Waals surface area contributed by atoms with Crippen LogP contribution in [0, 0.1) is 0 Å². The van der Waals surface area contributed by atoms with Crippen LogP contribution in [-0.2, 0) is 7.05 Å². The van der Waals surface area contributed by atoms with Crippen LogP contribution in [0.5, 0.6) is 0 Å². The Labute approximate surface area is 81.8 Å². The molecule has 2 rings (SSSR count). The van der Waals surface area contributed by atoms with Crippen LogP contribution in [0.15, 0.2) is 36.8 Å². The summed E-state index contributed by atoms with van der Waals surface area (Å²) in [6.07, 6.45) is 3.76. The molecular formula is C10H9ClN2. The molecule has 0 bridgehead atoms. The number of hydrogen-bond donors (Lipinski definition) is 0. The third-order valence-electron chi connectivity index (χ3n) is 1.84. The smallest absolute Gasteiger partial charge is 0.0951 e. The first-order valence-electron chi connectivity index (χ1n) is 3.99. The molecule has 1 aromatic carbocycles. The van der Waals surface area contributed by atoms with Crippen LogP contribution < -0.4 is 0 Å². The summed E-state index contributed by atoms with van der Waals surface area (Å²) in [6.45, 7) is 0. The first kappa shape index (κ1) is 8.32. The molecule has 0 aliphatic heterocycles. The minimum Gasteiger partial charge on any atom is -0.340 e. The minimum absolute atomic E-state index is 0.750. The second kappa shape index (κ2) is 3.23. The fraction of sp³-hybridized carbons (Fsp3) is 0.100. The average Bonchev–Trinajstić information content (AvgIpc) is 2.53. The van der Waals surface area contributed by atoms with Crippen molar-refractivity contribution in [3.05, 3.63) is 41.8 Å². The molecule has 13 heavy (non-hydrogen) atoms. The van der Waals surface area contributed by atoms with Gasteiger partial charge >= 0.3 is 0 Å². The van der Waals surface area contributed by atoms with Gasteiger partial charge in [-0.25, -0.2) is 4.98 Å². The van der Waals surface area contributed by atoms with Gasteiger partial charge in [-0.1, -0.05) is 23.7 Å². The molecule has 3 heteroatoms. The van der Waals surface area contributed by atoms with E-state index in [2.05, 4.69) is 4.98 Å². The summed E-state index contributed by atoms with van der Waals surface area (Å²) in [5.41, 5.74) is 2.06. The molecular weight excluding hydrogens is 184 g/mol. The van der Waals surface area contributed by atoms with Gasteiger partial charge in [0.15, 0.2) is 0 Å². The standard InChI is InChI=1S/C10H9ClN2/c1-13-6-10(12-7-13)8-2-4-9(11)5-3-8/h2-7H,1H3. The maximum Gasteiger partial charge on any atom is 0.0951 e. The number of aromatic nitrogens is 2. The van der Waals surface area contributed by atoms with Gasteiger partial charge in [-0.3, -0.25) is 0 Å². The summed E-state index contributed by atoms with van der Waals surface area (Å²) in [7, 11) is 1.95. The third-order valence-corrected chi connectivity index (χ3v) is 2.10. The van der Waals surface area contributed by atoms with Crippen molar-refractivity contribution >= 4 is 11.6 Å². The fourth-order valence-corrected chi connectivity index (χ4v) is 1.31. The van der Waals surface area contributed by atoms with Crippen molar-refractivity contribution in [2.75, 3.05) is 0 Å². The Hall–Kier alpha value is -1.28.